The summed E-state index contributed by atoms with van der Waals surface area (Å²) in [5.74, 6) is 0. The SMILES string of the molecule is C=CCO[C@H]1CO[C@@]2(CCCN(Cc3cnn(C)c3)C2)C1. The first-order valence-electron chi connectivity index (χ1n) is 7.75. The lowest BCUT2D eigenvalue weighted by Gasteiger charge is -2.39. The Morgan fingerprint density at radius 1 is 1.62 bits per heavy atom. The van der Waals surface area contributed by atoms with Crippen LogP contribution < -0.4 is 0 Å². The average Bonchev–Trinajstić information content (AvgIpc) is 3.04. The largest absolute Gasteiger partial charge is 0.372 e. The Labute approximate surface area is 126 Å². The molecule has 2 atom stereocenters. The van der Waals surface area contributed by atoms with Gasteiger partial charge in [0.15, 0.2) is 0 Å². The maximum Gasteiger partial charge on any atom is 0.0841 e. The van der Waals surface area contributed by atoms with E-state index >= 15 is 0 Å². The van der Waals surface area contributed by atoms with E-state index in [4.69, 9.17) is 9.47 Å². The van der Waals surface area contributed by atoms with Gasteiger partial charge < -0.3 is 9.47 Å². The van der Waals surface area contributed by atoms with Gasteiger partial charge in [0, 0.05) is 38.3 Å². The number of hydrogen-bond donors (Lipinski definition) is 0. The standard InChI is InChI=1S/C16H25N3O2/c1-3-7-20-15-8-16(21-12-15)5-4-6-19(13-16)11-14-9-17-18(2)10-14/h3,9-10,15H,1,4-8,11-13H2,2H3/t15-,16+/m1/s1. The van der Waals surface area contributed by atoms with E-state index < -0.39 is 0 Å². The minimum Gasteiger partial charge on any atom is -0.372 e. The van der Waals surface area contributed by atoms with Crippen LogP contribution in [0, 0.1) is 0 Å². The number of aryl methyl sites for hydroxylation is 1. The first kappa shape index (κ1) is 14.8. The molecular formula is C16H25N3O2. The predicted molar refractivity (Wildman–Crippen MR) is 81.0 cm³/mol. The fourth-order valence-corrected chi connectivity index (χ4v) is 3.54. The van der Waals surface area contributed by atoms with Gasteiger partial charge in [-0.15, -0.1) is 6.58 Å². The number of rotatable bonds is 5. The zero-order valence-corrected chi connectivity index (χ0v) is 12.8. The molecule has 3 rings (SSSR count). The highest BCUT2D eigenvalue weighted by molar-refractivity contribution is 5.05. The molecule has 1 aromatic rings. The van der Waals surface area contributed by atoms with Crippen molar-refractivity contribution in [1.29, 1.82) is 0 Å². The van der Waals surface area contributed by atoms with Gasteiger partial charge in [0.1, 0.15) is 0 Å². The molecule has 1 aromatic heterocycles. The van der Waals surface area contributed by atoms with Crippen molar-refractivity contribution in [2.24, 2.45) is 7.05 Å². The second-order valence-corrected chi connectivity index (χ2v) is 6.28. The van der Waals surface area contributed by atoms with Gasteiger partial charge >= 0.3 is 0 Å². The summed E-state index contributed by atoms with van der Waals surface area (Å²) < 4.78 is 13.8. The van der Waals surface area contributed by atoms with E-state index in [1.807, 2.05) is 17.9 Å². The Balaban J connectivity index is 1.57. The van der Waals surface area contributed by atoms with Gasteiger partial charge in [-0.1, -0.05) is 6.08 Å². The molecule has 0 aliphatic carbocycles. The highest BCUT2D eigenvalue weighted by atomic mass is 16.6. The molecule has 2 aliphatic heterocycles. The lowest BCUT2D eigenvalue weighted by Crippen LogP contribution is -2.47. The van der Waals surface area contributed by atoms with Crippen LogP contribution in [0.15, 0.2) is 25.0 Å². The fourth-order valence-electron chi connectivity index (χ4n) is 3.54. The van der Waals surface area contributed by atoms with Crippen molar-refractivity contribution in [2.75, 3.05) is 26.3 Å². The summed E-state index contributed by atoms with van der Waals surface area (Å²) in [6.07, 6.45) is 9.41. The van der Waals surface area contributed by atoms with Crippen molar-refractivity contribution in [2.45, 2.75) is 37.5 Å². The predicted octanol–water partition coefficient (Wildman–Crippen LogP) is 1.75. The van der Waals surface area contributed by atoms with Gasteiger partial charge in [-0.2, -0.15) is 5.10 Å². The molecule has 5 nitrogen and oxygen atoms in total. The number of likely N-dealkylation sites (tertiary alicyclic amines) is 1. The molecule has 0 aromatic carbocycles. The third kappa shape index (κ3) is 3.54. The Bertz CT molecular complexity index is 488. The molecule has 0 saturated carbocycles. The second kappa shape index (κ2) is 6.30. The van der Waals surface area contributed by atoms with Crippen molar-refractivity contribution in [3.05, 3.63) is 30.6 Å². The quantitative estimate of drug-likeness (QED) is 0.775. The molecule has 0 unspecified atom stereocenters. The molecule has 21 heavy (non-hydrogen) atoms. The van der Waals surface area contributed by atoms with E-state index in [2.05, 4.69) is 22.8 Å². The van der Waals surface area contributed by atoms with Crippen molar-refractivity contribution in [3.63, 3.8) is 0 Å². The monoisotopic (exact) mass is 291 g/mol. The van der Waals surface area contributed by atoms with E-state index in [-0.39, 0.29) is 11.7 Å². The summed E-state index contributed by atoms with van der Waals surface area (Å²) in [6.45, 7) is 8.12. The molecule has 0 amide bonds. The van der Waals surface area contributed by atoms with Gasteiger partial charge in [0.25, 0.3) is 0 Å². The molecule has 5 heteroatoms. The van der Waals surface area contributed by atoms with E-state index in [1.165, 1.54) is 12.0 Å². The number of ether oxygens (including phenoxy) is 2. The molecule has 1 spiro atoms. The van der Waals surface area contributed by atoms with Crippen LogP contribution in [0.25, 0.3) is 0 Å². The number of nitrogens with zero attached hydrogens (tertiary/aromatic N) is 3. The molecule has 0 radical (unpaired) electrons. The number of aromatic nitrogens is 2. The summed E-state index contributed by atoms with van der Waals surface area (Å²) in [7, 11) is 1.96. The average molecular weight is 291 g/mol. The molecule has 0 N–H and O–H groups in total. The van der Waals surface area contributed by atoms with Gasteiger partial charge in [0.2, 0.25) is 0 Å². The summed E-state index contributed by atoms with van der Waals surface area (Å²) >= 11 is 0. The lowest BCUT2D eigenvalue weighted by atomic mass is 9.89. The number of piperidine rings is 1. The lowest BCUT2D eigenvalue weighted by molar-refractivity contribution is -0.0544. The topological polar surface area (TPSA) is 39.5 Å². The van der Waals surface area contributed by atoms with Crippen LogP contribution in [-0.2, 0) is 23.1 Å². The Morgan fingerprint density at radius 2 is 2.52 bits per heavy atom. The summed E-state index contributed by atoms with van der Waals surface area (Å²) in [6, 6.07) is 0. The van der Waals surface area contributed by atoms with Gasteiger partial charge in [-0.25, -0.2) is 0 Å². The van der Waals surface area contributed by atoms with Crippen LogP contribution in [0.5, 0.6) is 0 Å². The van der Waals surface area contributed by atoms with E-state index in [0.717, 1.165) is 32.5 Å². The van der Waals surface area contributed by atoms with Crippen molar-refractivity contribution < 1.29 is 9.47 Å². The molecule has 2 saturated heterocycles. The third-order valence-electron chi connectivity index (χ3n) is 4.41. The molecule has 2 aliphatic rings. The Kier molecular flexibility index (Phi) is 4.42. The van der Waals surface area contributed by atoms with E-state index in [1.54, 1.807) is 6.08 Å². The second-order valence-electron chi connectivity index (χ2n) is 6.28. The summed E-state index contributed by atoms with van der Waals surface area (Å²) in [5, 5.41) is 4.25. The van der Waals surface area contributed by atoms with Gasteiger partial charge in [-0.05, 0) is 19.4 Å². The maximum absolute atomic E-state index is 6.14. The molecular weight excluding hydrogens is 266 g/mol. The minimum atomic E-state index is -0.00764. The van der Waals surface area contributed by atoms with Crippen LogP contribution >= 0.6 is 0 Å². The van der Waals surface area contributed by atoms with Crippen molar-refractivity contribution >= 4 is 0 Å². The van der Waals surface area contributed by atoms with Gasteiger partial charge in [0.05, 0.1) is 31.1 Å². The third-order valence-corrected chi connectivity index (χ3v) is 4.41. The zero-order valence-electron chi connectivity index (χ0n) is 12.8. The van der Waals surface area contributed by atoms with Crippen molar-refractivity contribution in [1.82, 2.24) is 14.7 Å². The number of hydrogen-bond acceptors (Lipinski definition) is 4. The van der Waals surface area contributed by atoms with Crippen LogP contribution in [-0.4, -0.2) is 52.7 Å². The van der Waals surface area contributed by atoms with Crippen LogP contribution in [0.1, 0.15) is 24.8 Å². The highest BCUT2D eigenvalue weighted by Gasteiger charge is 2.43. The van der Waals surface area contributed by atoms with Gasteiger partial charge in [-0.3, -0.25) is 9.58 Å². The normalized spacial score (nSPS) is 30.0. The fraction of sp³-hybridized carbons (Fsp3) is 0.688. The van der Waals surface area contributed by atoms with Crippen LogP contribution in [0.3, 0.4) is 0 Å². The minimum absolute atomic E-state index is 0.00764. The summed E-state index contributed by atoms with van der Waals surface area (Å²) in [5.41, 5.74) is 1.26. The molecule has 2 fully saturated rings. The van der Waals surface area contributed by atoms with E-state index in [9.17, 15) is 0 Å². The molecule has 116 valence electrons. The summed E-state index contributed by atoms with van der Waals surface area (Å²) in [4.78, 5) is 2.48. The first-order chi connectivity index (χ1) is 10.2. The molecule has 3 heterocycles. The van der Waals surface area contributed by atoms with Crippen LogP contribution in [0.2, 0.25) is 0 Å². The van der Waals surface area contributed by atoms with Crippen LogP contribution in [0.4, 0.5) is 0 Å². The Hall–Kier alpha value is -1.17. The molecule has 0 bridgehead atoms. The van der Waals surface area contributed by atoms with Crippen molar-refractivity contribution in [3.8, 4) is 0 Å². The smallest absolute Gasteiger partial charge is 0.0841 e. The first-order valence-corrected chi connectivity index (χ1v) is 7.75. The highest BCUT2D eigenvalue weighted by Crippen LogP contribution is 2.36. The van der Waals surface area contributed by atoms with E-state index in [0.29, 0.717) is 13.2 Å². The zero-order chi connectivity index (χ0) is 14.7. The maximum atomic E-state index is 6.14. The Morgan fingerprint density at radius 3 is 3.29 bits per heavy atom.